The molecule has 0 amide bonds. The van der Waals surface area contributed by atoms with Crippen LogP contribution >= 0.6 is 22.9 Å². The van der Waals surface area contributed by atoms with Crippen LogP contribution in [0.1, 0.15) is 26.6 Å². The second-order valence-electron chi connectivity index (χ2n) is 4.50. The molecular weight excluding hydrogens is 296 g/mol. The van der Waals surface area contributed by atoms with E-state index in [4.69, 9.17) is 11.6 Å². The molecule has 0 atom stereocenters. The first-order valence-electron chi connectivity index (χ1n) is 5.99. The van der Waals surface area contributed by atoms with Crippen molar-refractivity contribution >= 4 is 33.9 Å². The highest BCUT2D eigenvalue weighted by Gasteiger charge is 2.20. The molecule has 0 aliphatic carbocycles. The van der Waals surface area contributed by atoms with Crippen LogP contribution in [0.15, 0.2) is 30.5 Å². The Labute approximate surface area is 124 Å². The molecule has 2 heterocycles. The summed E-state index contributed by atoms with van der Waals surface area (Å²) in [6.45, 7) is 1.92. The largest absolute Gasteiger partial charge is 0.477 e. The third-order valence-corrected chi connectivity index (χ3v) is 4.45. The van der Waals surface area contributed by atoms with Gasteiger partial charge in [-0.25, -0.2) is 9.78 Å². The Morgan fingerprint density at radius 2 is 2.10 bits per heavy atom. The van der Waals surface area contributed by atoms with Gasteiger partial charge in [0.25, 0.3) is 0 Å². The molecule has 0 aliphatic rings. The number of thiazole rings is 1. The summed E-state index contributed by atoms with van der Waals surface area (Å²) in [6.07, 6.45) is 2.29. The number of halogens is 1. The number of aromatic carboxylic acids is 1. The normalized spacial score (nSPS) is 11.1. The molecule has 0 bridgehead atoms. The van der Waals surface area contributed by atoms with Gasteiger partial charge in [0.05, 0.1) is 5.69 Å². The molecule has 0 saturated heterocycles. The van der Waals surface area contributed by atoms with Crippen LogP contribution in [0.4, 0.5) is 0 Å². The Kier molecular flexibility index (Phi) is 3.23. The Balaban J connectivity index is 2.12. The number of aryl methyl sites for hydroxylation is 1. The van der Waals surface area contributed by atoms with Gasteiger partial charge in [0.1, 0.15) is 4.88 Å². The molecule has 3 rings (SSSR count). The molecule has 3 aromatic rings. The van der Waals surface area contributed by atoms with Crippen molar-refractivity contribution in [3.8, 4) is 0 Å². The first-order chi connectivity index (χ1) is 9.56. The van der Waals surface area contributed by atoms with Crippen molar-refractivity contribution in [2.45, 2.75) is 13.3 Å². The number of carboxylic acids is 1. The molecule has 102 valence electrons. The molecule has 0 aliphatic heterocycles. The minimum Gasteiger partial charge on any atom is -0.477 e. The fraction of sp³-hybridized carbons (Fsp3) is 0.143. The maximum absolute atomic E-state index is 11.4. The van der Waals surface area contributed by atoms with Gasteiger partial charge in [-0.3, -0.25) is 4.40 Å². The number of hydrogen-bond donors (Lipinski definition) is 1. The molecule has 1 N–H and O–H groups in total. The van der Waals surface area contributed by atoms with Crippen molar-refractivity contribution in [3.63, 3.8) is 0 Å². The molecule has 6 heteroatoms. The summed E-state index contributed by atoms with van der Waals surface area (Å²) in [6, 6.07) is 7.43. The highest BCUT2D eigenvalue weighted by Crippen LogP contribution is 2.26. The summed E-state index contributed by atoms with van der Waals surface area (Å²) in [7, 11) is 0. The molecule has 20 heavy (non-hydrogen) atoms. The zero-order chi connectivity index (χ0) is 14.3. The predicted molar refractivity (Wildman–Crippen MR) is 79.0 cm³/mol. The number of imidazole rings is 1. The summed E-state index contributed by atoms with van der Waals surface area (Å²) in [5.41, 5.74) is 2.72. The average molecular weight is 307 g/mol. The number of benzene rings is 1. The van der Waals surface area contributed by atoms with Crippen LogP contribution in [0.5, 0.6) is 0 Å². The zero-order valence-corrected chi connectivity index (χ0v) is 12.2. The number of fused-ring (bicyclic) bond motifs is 1. The highest BCUT2D eigenvalue weighted by atomic mass is 35.5. The summed E-state index contributed by atoms with van der Waals surface area (Å²) >= 11 is 7.07. The second-order valence-corrected chi connectivity index (χ2v) is 5.92. The maximum Gasteiger partial charge on any atom is 0.347 e. The zero-order valence-electron chi connectivity index (χ0n) is 10.6. The van der Waals surface area contributed by atoms with Gasteiger partial charge in [-0.1, -0.05) is 35.1 Å². The van der Waals surface area contributed by atoms with Crippen molar-refractivity contribution in [1.29, 1.82) is 0 Å². The van der Waals surface area contributed by atoms with Gasteiger partial charge in [0.15, 0.2) is 4.96 Å². The molecule has 0 saturated carbocycles. The van der Waals surface area contributed by atoms with Gasteiger partial charge in [-0.15, -0.1) is 0 Å². The molecule has 0 fully saturated rings. The number of nitrogens with zero attached hydrogens (tertiary/aromatic N) is 2. The third-order valence-electron chi connectivity index (χ3n) is 3.11. The maximum atomic E-state index is 11.4. The van der Waals surface area contributed by atoms with Crippen LogP contribution in [-0.4, -0.2) is 20.5 Å². The lowest BCUT2D eigenvalue weighted by Gasteiger charge is -2.04. The van der Waals surface area contributed by atoms with E-state index in [0.717, 1.165) is 17.0 Å². The Bertz CT molecular complexity index is 789. The SMILES string of the molecule is Cc1cnc2sc(C(=O)O)c(Cc3ccc(Cl)cc3)n12. The fourth-order valence-corrected chi connectivity index (χ4v) is 3.32. The van der Waals surface area contributed by atoms with Crippen LogP contribution in [0.3, 0.4) is 0 Å². The molecule has 0 unspecified atom stereocenters. The predicted octanol–water partition coefficient (Wildman–Crippen LogP) is 3.65. The van der Waals surface area contributed by atoms with Crippen molar-refractivity contribution in [2.24, 2.45) is 0 Å². The Hall–Kier alpha value is -1.85. The Morgan fingerprint density at radius 1 is 1.40 bits per heavy atom. The van der Waals surface area contributed by atoms with Gasteiger partial charge in [0, 0.05) is 23.3 Å². The summed E-state index contributed by atoms with van der Waals surface area (Å²) in [5, 5.41) is 10.0. The Morgan fingerprint density at radius 3 is 2.75 bits per heavy atom. The van der Waals surface area contributed by atoms with Gasteiger partial charge in [-0.2, -0.15) is 0 Å². The fourth-order valence-electron chi connectivity index (χ4n) is 2.19. The van der Waals surface area contributed by atoms with E-state index in [9.17, 15) is 9.90 Å². The molecular formula is C14H11ClN2O2S. The third kappa shape index (κ3) is 2.19. The minimum absolute atomic E-state index is 0.339. The lowest BCUT2D eigenvalue weighted by Crippen LogP contribution is -2.03. The monoisotopic (exact) mass is 306 g/mol. The first kappa shape index (κ1) is 13.1. The van der Waals surface area contributed by atoms with Crippen molar-refractivity contribution in [2.75, 3.05) is 0 Å². The van der Waals surface area contributed by atoms with Crippen LogP contribution < -0.4 is 0 Å². The van der Waals surface area contributed by atoms with Gasteiger partial charge < -0.3 is 5.11 Å². The lowest BCUT2D eigenvalue weighted by molar-refractivity contribution is 0.0700. The van der Waals surface area contributed by atoms with Crippen LogP contribution in [-0.2, 0) is 6.42 Å². The quantitative estimate of drug-likeness (QED) is 0.803. The van der Waals surface area contributed by atoms with E-state index in [1.807, 2.05) is 35.6 Å². The highest BCUT2D eigenvalue weighted by molar-refractivity contribution is 7.19. The smallest absolute Gasteiger partial charge is 0.347 e. The van der Waals surface area contributed by atoms with E-state index >= 15 is 0 Å². The van der Waals surface area contributed by atoms with E-state index in [1.165, 1.54) is 11.3 Å². The number of carbonyl (C=O) groups is 1. The van der Waals surface area contributed by atoms with Crippen molar-refractivity contribution in [1.82, 2.24) is 9.38 Å². The minimum atomic E-state index is -0.913. The molecule has 2 aromatic heterocycles. The van der Waals surface area contributed by atoms with E-state index < -0.39 is 5.97 Å². The van der Waals surface area contributed by atoms with Crippen LogP contribution in [0, 0.1) is 6.92 Å². The average Bonchev–Trinajstić information content (AvgIpc) is 2.94. The van der Waals surface area contributed by atoms with Gasteiger partial charge in [-0.05, 0) is 24.6 Å². The number of aromatic nitrogens is 2. The van der Waals surface area contributed by atoms with E-state index in [0.29, 0.717) is 21.3 Å². The van der Waals surface area contributed by atoms with Crippen LogP contribution in [0.2, 0.25) is 5.02 Å². The van der Waals surface area contributed by atoms with Gasteiger partial charge >= 0.3 is 5.97 Å². The molecule has 0 spiro atoms. The molecule has 1 aromatic carbocycles. The van der Waals surface area contributed by atoms with Crippen molar-refractivity contribution < 1.29 is 9.90 Å². The van der Waals surface area contributed by atoms with E-state index in [1.54, 1.807) is 6.20 Å². The van der Waals surface area contributed by atoms with Gasteiger partial charge in [0.2, 0.25) is 0 Å². The van der Waals surface area contributed by atoms with Crippen LogP contribution in [0.25, 0.3) is 4.96 Å². The lowest BCUT2D eigenvalue weighted by atomic mass is 10.1. The topological polar surface area (TPSA) is 54.6 Å². The van der Waals surface area contributed by atoms with E-state index in [2.05, 4.69) is 4.98 Å². The molecule has 0 radical (unpaired) electrons. The summed E-state index contributed by atoms with van der Waals surface area (Å²) in [4.78, 5) is 16.7. The second kappa shape index (κ2) is 4.92. The number of hydrogen-bond acceptors (Lipinski definition) is 3. The van der Waals surface area contributed by atoms with E-state index in [-0.39, 0.29) is 0 Å². The first-order valence-corrected chi connectivity index (χ1v) is 7.19. The summed E-state index contributed by atoms with van der Waals surface area (Å²) in [5.74, 6) is -0.913. The van der Waals surface area contributed by atoms with Crippen molar-refractivity contribution in [3.05, 3.63) is 57.3 Å². The molecule has 4 nitrogen and oxygen atoms in total. The summed E-state index contributed by atoms with van der Waals surface area (Å²) < 4.78 is 1.91. The number of carboxylic acid groups (broad SMARTS) is 1. The standard InChI is InChI=1S/C14H11ClN2O2S/c1-8-7-16-14-17(8)11(12(20-14)13(18)19)6-9-2-4-10(15)5-3-9/h2-5,7H,6H2,1H3,(H,18,19). The number of rotatable bonds is 3.